The fourth-order valence-electron chi connectivity index (χ4n) is 1.88. The first-order valence-electron chi connectivity index (χ1n) is 5.25. The first kappa shape index (κ1) is 9.97. The highest BCUT2D eigenvalue weighted by molar-refractivity contribution is 5.80. The van der Waals surface area contributed by atoms with Crippen molar-refractivity contribution in [3.8, 4) is 0 Å². The van der Waals surface area contributed by atoms with Gasteiger partial charge in [-0.3, -0.25) is 0 Å². The molecule has 0 fully saturated rings. The van der Waals surface area contributed by atoms with Gasteiger partial charge in [-0.1, -0.05) is 31.5 Å². The molecule has 2 aromatic rings. The minimum atomic E-state index is -0.187. The van der Waals surface area contributed by atoms with Gasteiger partial charge in [-0.05, 0) is 25.0 Å². The van der Waals surface area contributed by atoms with E-state index in [0.717, 1.165) is 29.4 Å². The molecule has 0 aliphatic carbocycles. The zero-order valence-corrected chi connectivity index (χ0v) is 9.04. The van der Waals surface area contributed by atoms with Crippen LogP contribution in [0.25, 0.3) is 11.0 Å². The fraction of sp³-hybridized carbons (Fsp3) is 0.308. The molecule has 0 amide bonds. The lowest BCUT2D eigenvalue weighted by atomic mass is 10.0. The molecule has 0 spiro atoms. The van der Waals surface area contributed by atoms with Gasteiger partial charge in [0.15, 0.2) is 0 Å². The van der Waals surface area contributed by atoms with Crippen molar-refractivity contribution in [2.45, 2.75) is 26.7 Å². The molecule has 0 bridgehead atoms. The third-order valence-electron chi connectivity index (χ3n) is 2.69. The Morgan fingerprint density at radius 3 is 2.73 bits per heavy atom. The minimum Gasteiger partial charge on any atom is -0.423 e. The molecule has 78 valence electrons. The molecule has 1 aromatic carbocycles. The van der Waals surface area contributed by atoms with Gasteiger partial charge < -0.3 is 4.42 Å². The second kappa shape index (κ2) is 3.89. The molecule has 1 heterocycles. The molecule has 0 unspecified atom stereocenters. The summed E-state index contributed by atoms with van der Waals surface area (Å²) in [5.74, 6) is 0. The summed E-state index contributed by atoms with van der Waals surface area (Å²) in [7, 11) is 0. The summed E-state index contributed by atoms with van der Waals surface area (Å²) in [6, 6.07) is 7.67. The topological polar surface area (TPSA) is 30.2 Å². The second-order valence-corrected chi connectivity index (χ2v) is 3.74. The van der Waals surface area contributed by atoms with Gasteiger partial charge in [0.25, 0.3) is 0 Å². The van der Waals surface area contributed by atoms with Crippen LogP contribution >= 0.6 is 0 Å². The Morgan fingerprint density at radius 2 is 2.00 bits per heavy atom. The monoisotopic (exact) mass is 202 g/mol. The van der Waals surface area contributed by atoms with Gasteiger partial charge in [0.2, 0.25) is 0 Å². The van der Waals surface area contributed by atoms with E-state index >= 15 is 0 Å². The number of rotatable bonds is 2. The number of para-hydroxylation sites is 1. The Balaban J connectivity index is 2.78. The van der Waals surface area contributed by atoms with Crippen LogP contribution in [0.1, 0.15) is 24.5 Å². The quantitative estimate of drug-likeness (QED) is 0.700. The van der Waals surface area contributed by atoms with Gasteiger partial charge in [-0.25, -0.2) is 4.79 Å². The van der Waals surface area contributed by atoms with Crippen molar-refractivity contribution in [2.75, 3.05) is 0 Å². The van der Waals surface area contributed by atoms with Crippen molar-refractivity contribution in [1.82, 2.24) is 0 Å². The van der Waals surface area contributed by atoms with Crippen molar-refractivity contribution < 1.29 is 4.42 Å². The van der Waals surface area contributed by atoms with Crippen LogP contribution in [0.4, 0.5) is 0 Å². The molecule has 0 atom stereocenters. The van der Waals surface area contributed by atoms with E-state index in [1.807, 2.05) is 31.2 Å². The van der Waals surface area contributed by atoms with Crippen LogP contribution in [0.3, 0.4) is 0 Å². The number of hydrogen-bond donors (Lipinski definition) is 0. The van der Waals surface area contributed by atoms with Crippen molar-refractivity contribution in [3.05, 3.63) is 45.8 Å². The Kier molecular flexibility index (Phi) is 2.58. The predicted molar refractivity (Wildman–Crippen MR) is 61.2 cm³/mol. The molecule has 0 aliphatic rings. The Hall–Kier alpha value is -1.57. The molecule has 2 rings (SSSR count). The zero-order chi connectivity index (χ0) is 10.8. The smallest absolute Gasteiger partial charge is 0.339 e. The summed E-state index contributed by atoms with van der Waals surface area (Å²) in [6.45, 7) is 4.05. The molecule has 0 N–H and O–H groups in total. The molecule has 15 heavy (non-hydrogen) atoms. The number of fused-ring (bicyclic) bond motifs is 1. The van der Waals surface area contributed by atoms with E-state index < -0.39 is 0 Å². The van der Waals surface area contributed by atoms with Crippen LogP contribution < -0.4 is 5.63 Å². The number of benzene rings is 1. The van der Waals surface area contributed by atoms with Gasteiger partial charge in [-0.15, -0.1) is 0 Å². The summed E-state index contributed by atoms with van der Waals surface area (Å²) in [5.41, 5.74) is 2.37. The SMILES string of the molecule is CCCc1c(C)c2ccccc2oc1=O. The maximum atomic E-state index is 11.7. The largest absolute Gasteiger partial charge is 0.423 e. The average molecular weight is 202 g/mol. The highest BCUT2D eigenvalue weighted by Crippen LogP contribution is 2.19. The maximum absolute atomic E-state index is 11.7. The molecule has 0 saturated heterocycles. The van der Waals surface area contributed by atoms with Gasteiger partial charge in [-0.2, -0.15) is 0 Å². The molecule has 1 aromatic heterocycles. The number of aryl methyl sites for hydroxylation is 1. The van der Waals surface area contributed by atoms with E-state index in [9.17, 15) is 4.79 Å². The van der Waals surface area contributed by atoms with Crippen LogP contribution in [0.2, 0.25) is 0 Å². The lowest BCUT2D eigenvalue weighted by Gasteiger charge is -2.05. The van der Waals surface area contributed by atoms with E-state index in [1.54, 1.807) is 0 Å². The van der Waals surface area contributed by atoms with Gasteiger partial charge in [0.05, 0.1) is 0 Å². The Morgan fingerprint density at radius 1 is 1.27 bits per heavy atom. The first-order valence-corrected chi connectivity index (χ1v) is 5.25. The lowest BCUT2D eigenvalue weighted by molar-refractivity contribution is 0.547. The van der Waals surface area contributed by atoms with Crippen molar-refractivity contribution in [2.24, 2.45) is 0 Å². The number of hydrogen-bond acceptors (Lipinski definition) is 2. The molecule has 0 aliphatic heterocycles. The summed E-state index contributed by atoms with van der Waals surface area (Å²) in [4.78, 5) is 11.7. The van der Waals surface area contributed by atoms with Crippen LogP contribution in [0.15, 0.2) is 33.5 Å². The maximum Gasteiger partial charge on any atom is 0.339 e. The third kappa shape index (κ3) is 1.67. The standard InChI is InChI=1S/C13H14O2/c1-3-6-11-9(2)10-7-4-5-8-12(10)15-13(11)14/h4-5,7-8H,3,6H2,1-2H3. The van der Waals surface area contributed by atoms with Gasteiger partial charge >= 0.3 is 5.63 Å². The van der Waals surface area contributed by atoms with E-state index in [-0.39, 0.29) is 5.63 Å². The Bertz CT molecular complexity index is 538. The molecular formula is C13H14O2. The lowest BCUT2D eigenvalue weighted by Crippen LogP contribution is -2.09. The van der Waals surface area contributed by atoms with E-state index in [2.05, 4.69) is 6.92 Å². The van der Waals surface area contributed by atoms with Gasteiger partial charge in [0, 0.05) is 10.9 Å². The van der Waals surface area contributed by atoms with Gasteiger partial charge in [0.1, 0.15) is 5.58 Å². The van der Waals surface area contributed by atoms with E-state index in [4.69, 9.17) is 4.42 Å². The van der Waals surface area contributed by atoms with Crippen LogP contribution in [-0.2, 0) is 6.42 Å². The minimum absolute atomic E-state index is 0.187. The molecular weight excluding hydrogens is 188 g/mol. The van der Waals surface area contributed by atoms with E-state index in [1.165, 1.54) is 0 Å². The fourth-order valence-corrected chi connectivity index (χ4v) is 1.88. The van der Waals surface area contributed by atoms with Crippen LogP contribution in [0, 0.1) is 6.92 Å². The molecule has 0 saturated carbocycles. The molecule has 0 radical (unpaired) electrons. The second-order valence-electron chi connectivity index (χ2n) is 3.74. The van der Waals surface area contributed by atoms with Crippen LogP contribution in [0.5, 0.6) is 0 Å². The Labute approximate surface area is 88.5 Å². The van der Waals surface area contributed by atoms with Crippen molar-refractivity contribution in [3.63, 3.8) is 0 Å². The van der Waals surface area contributed by atoms with Crippen molar-refractivity contribution in [1.29, 1.82) is 0 Å². The summed E-state index contributed by atoms with van der Waals surface area (Å²) >= 11 is 0. The summed E-state index contributed by atoms with van der Waals surface area (Å²) in [5, 5.41) is 1.04. The van der Waals surface area contributed by atoms with Crippen LogP contribution in [-0.4, -0.2) is 0 Å². The average Bonchev–Trinajstić information content (AvgIpc) is 2.24. The van der Waals surface area contributed by atoms with Crippen molar-refractivity contribution >= 4 is 11.0 Å². The predicted octanol–water partition coefficient (Wildman–Crippen LogP) is 3.05. The normalized spacial score (nSPS) is 10.8. The summed E-state index contributed by atoms with van der Waals surface area (Å²) in [6.07, 6.45) is 1.75. The first-order chi connectivity index (χ1) is 7.24. The highest BCUT2D eigenvalue weighted by Gasteiger charge is 2.09. The van der Waals surface area contributed by atoms with E-state index in [0.29, 0.717) is 5.58 Å². The molecule has 2 heteroatoms. The summed E-state index contributed by atoms with van der Waals surface area (Å²) < 4.78 is 5.27. The molecule has 2 nitrogen and oxygen atoms in total. The zero-order valence-electron chi connectivity index (χ0n) is 9.04. The third-order valence-corrected chi connectivity index (χ3v) is 2.69. The highest BCUT2D eigenvalue weighted by atomic mass is 16.4.